The van der Waals surface area contributed by atoms with Crippen LogP contribution in [0.3, 0.4) is 0 Å². The number of carboxylic acids is 1. The molecule has 1 aliphatic heterocycles. The standard InChI is InChI=1S/C35H42BrN3O4.C2HF3O2/c1-43-34(41)17-3-2-6-21-39(33(40)25-30-12-4-5-16-32(30)36)26-27-11-9-13-28(23-27)29-14-10-15-31(24-29)35(42)37-18-22-38-19-7-8-20-38;3-2(4,5)1(6)7/h4-5,9-16,23-24H,2-3,6-8,17-22,25-26H2,1H3,(H,37,42);(H,6,7). The number of amides is 2. The van der Waals surface area contributed by atoms with Gasteiger partial charge in [0.1, 0.15) is 0 Å². The second-order valence-electron chi connectivity index (χ2n) is 11.9. The van der Waals surface area contributed by atoms with Gasteiger partial charge in [0.2, 0.25) is 5.91 Å². The number of unbranched alkanes of at least 4 members (excludes halogenated alkanes) is 2. The first kappa shape index (κ1) is 40.2. The van der Waals surface area contributed by atoms with Crippen LogP contribution in [0.5, 0.6) is 0 Å². The van der Waals surface area contributed by atoms with Crippen molar-refractivity contribution in [2.45, 2.75) is 57.7 Å². The highest BCUT2D eigenvalue weighted by atomic mass is 79.9. The van der Waals surface area contributed by atoms with Gasteiger partial charge in [-0.15, -0.1) is 0 Å². The van der Waals surface area contributed by atoms with E-state index in [-0.39, 0.29) is 17.8 Å². The summed E-state index contributed by atoms with van der Waals surface area (Å²) in [5, 5.41) is 10.2. The molecule has 270 valence electrons. The summed E-state index contributed by atoms with van der Waals surface area (Å²) in [6.45, 7) is 4.83. The Labute approximate surface area is 298 Å². The summed E-state index contributed by atoms with van der Waals surface area (Å²) < 4.78 is 37.4. The van der Waals surface area contributed by atoms with Gasteiger partial charge >= 0.3 is 18.1 Å². The molecule has 13 heteroatoms. The number of benzene rings is 3. The second-order valence-corrected chi connectivity index (χ2v) is 12.7. The first-order chi connectivity index (χ1) is 23.9. The summed E-state index contributed by atoms with van der Waals surface area (Å²) in [4.78, 5) is 51.0. The van der Waals surface area contributed by atoms with E-state index >= 15 is 0 Å². The number of aliphatic carboxylic acids is 1. The largest absolute Gasteiger partial charge is 0.490 e. The molecule has 0 spiro atoms. The number of halogens is 4. The van der Waals surface area contributed by atoms with Crippen LogP contribution in [0.15, 0.2) is 77.3 Å². The van der Waals surface area contributed by atoms with E-state index in [1.807, 2.05) is 71.6 Å². The van der Waals surface area contributed by atoms with Crippen LogP contribution >= 0.6 is 15.9 Å². The first-order valence-electron chi connectivity index (χ1n) is 16.5. The minimum atomic E-state index is -5.08. The molecule has 0 saturated carbocycles. The molecule has 0 unspecified atom stereocenters. The van der Waals surface area contributed by atoms with Crippen molar-refractivity contribution in [1.29, 1.82) is 0 Å². The Balaban J connectivity index is 0.000000872. The van der Waals surface area contributed by atoms with E-state index in [2.05, 4.69) is 32.2 Å². The molecule has 1 fully saturated rings. The van der Waals surface area contributed by atoms with Crippen molar-refractivity contribution in [3.63, 3.8) is 0 Å². The zero-order valence-electron chi connectivity index (χ0n) is 28.0. The monoisotopic (exact) mass is 761 g/mol. The highest BCUT2D eigenvalue weighted by molar-refractivity contribution is 9.10. The minimum Gasteiger partial charge on any atom is -0.475 e. The molecule has 2 N–H and O–H groups in total. The SMILES string of the molecule is COC(=O)CCCCCN(Cc1cccc(-c2cccc(C(=O)NCCN3CCCC3)c2)c1)C(=O)Cc1ccccc1Br.O=C(O)C(F)(F)F. The van der Waals surface area contributed by atoms with Gasteiger partial charge in [-0.05, 0) is 85.3 Å². The van der Waals surface area contributed by atoms with Gasteiger partial charge in [0, 0.05) is 42.6 Å². The van der Waals surface area contributed by atoms with Crippen LogP contribution in [-0.4, -0.2) is 84.7 Å². The fraction of sp³-hybridized carbons (Fsp3) is 0.405. The van der Waals surface area contributed by atoms with Crippen molar-refractivity contribution in [2.24, 2.45) is 0 Å². The first-order valence-corrected chi connectivity index (χ1v) is 17.2. The number of carboxylic acid groups (broad SMARTS) is 1. The van der Waals surface area contributed by atoms with Crippen molar-refractivity contribution >= 4 is 39.7 Å². The lowest BCUT2D eigenvalue weighted by atomic mass is 10.0. The molecule has 2 amide bonds. The number of methoxy groups -OCH3 is 1. The minimum absolute atomic E-state index is 0.0536. The maximum Gasteiger partial charge on any atom is 0.490 e. The van der Waals surface area contributed by atoms with Gasteiger partial charge in [-0.2, -0.15) is 13.2 Å². The van der Waals surface area contributed by atoms with Crippen molar-refractivity contribution in [3.8, 4) is 11.1 Å². The zero-order valence-corrected chi connectivity index (χ0v) is 29.6. The number of nitrogens with zero attached hydrogens (tertiary/aromatic N) is 2. The molecule has 0 radical (unpaired) electrons. The molecule has 0 aliphatic carbocycles. The van der Waals surface area contributed by atoms with Crippen LogP contribution in [0.25, 0.3) is 11.1 Å². The van der Waals surface area contributed by atoms with Gasteiger partial charge in [0.15, 0.2) is 0 Å². The van der Waals surface area contributed by atoms with Gasteiger partial charge in [-0.1, -0.05) is 70.9 Å². The van der Waals surface area contributed by atoms with Gasteiger partial charge in [0.25, 0.3) is 5.91 Å². The van der Waals surface area contributed by atoms with Crippen LogP contribution in [0.1, 0.15) is 60.0 Å². The molecule has 0 bridgehead atoms. The molecule has 0 aromatic heterocycles. The van der Waals surface area contributed by atoms with Crippen molar-refractivity contribution in [3.05, 3.63) is 94.0 Å². The third-order valence-electron chi connectivity index (χ3n) is 8.10. The van der Waals surface area contributed by atoms with Crippen molar-refractivity contribution in [2.75, 3.05) is 39.8 Å². The summed E-state index contributed by atoms with van der Waals surface area (Å²) in [6.07, 6.45) is 0.452. The fourth-order valence-electron chi connectivity index (χ4n) is 5.40. The Morgan fingerprint density at radius 1 is 0.920 bits per heavy atom. The summed E-state index contributed by atoms with van der Waals surface area (Å²) in [6, 6.07) is 23.7. The number of carbonyl (C=O) groups is 4. The van der Waals surface area contributed by atoms with Crippen LogP contribution in [0.4, 0.5) is 13.2 Å². The molecule has 9 nitrogen and oxygen atoms in total. The lowest BCUT2D eigenvalue weighted by Crippen LogP contribution is -2.33. The third-order valence-corrected chi connectivity index (χ3v) is 8.88. The van der Waals surface area contributed by atoms with Crippen LogP contribution in [-0.2, 0) is 32.1 Å². The number of hydrogen-bond donors (Lipinski definition) is 2. The average molecular weight is 763 g/mol. The number of alkyl halides is 3. The van der Waals surface area contributed by atoms with E-state index in [0.717, 1.165) is 65.6 Å². The molecule has 1 aliphatic rings. The van der Waals surface area contributed by atoms with Gasteiger partial charge in [-0.3, -0.25) is 14.4 Å². The summed E-state index contributed by atoms with van der Waals surface area (Å²) in [5.74, 6) is -2.97. The number of rotatable bonds is 15. The number of hydrogen-bond acceptors (Lipinski definition) is 6. The van der Waals surface area contributed by atoms with Gasteiger partial charge in [0.05, 0.1) is 13.5 Å². The van der Waals surface area contributed by atoms with Crippen molar-refractivity contribution in [1.82, 2.24) is 15.1 Å². The maximum absolute atomic E-state index is 13.5. The van der Waals surface area contributed by atoms with E-state index in [9.17, 15) is 27.6 Å². The van der Waals surface area contributed by atoms with E-state index in [1.165, 1.54) is 20.0 Å². The quantitative estimate of drug-likeness (QED) is 0.128. The van der Waals surface area contributed by atoms with Crippen LogP contribution in [0.2, 0.25) is 0 Å². The summed E-state index contributed by atoms with van der Waals surface area (Å²) >= 11 is 3.57. The Bertz CT molecular complexity index is 1580. The average Bonchev–Trinajstić information content (AvgIpc) is 3.62. The van der Waals surface area contributed by atoms with E-state index < -0.39 is 12.1 Å². The molecular weight excluding hydrogens is 719 g/mol. The highest BCUT2D eigenvalue weighted by Crippen LogP contribution is 2.24. The third kappa shape index (κ3) is 13.9. The van der Waals surface area contributed by atoms with E-state index in [1.54, 1.807) is 0 Å². The van der Waals surface area contributed by atoms with Crippen molar-refractivity contribution < 1.29 is 42.2 Å². The molecule has 50 heavy (non-hydrogen) atoms. The molecule has 0 atom stereocenters. The second kappa shape index (κ2) is 20.4. The Hall–Kier alpha value is -4.23. The van der Waals surface area contributed by atoms with E-state index in [4.69, 9.17) is 14.6 Å². The Kier molecular flexibility index (Phi) is 16.4. The molecule has 3 aromatic carbocycles. The zero-order chi connectivity index (χ0) is 36.5. The number of ether oxygens (including phenoxy) is 1. The van der Waals surface area contributed by atoms with Crippen LogP contribution in [0, 0.1) is 0 Å². The predicted octanol–water partition coefficient (Wildman–Crippen LogP) is 6.88. The number of nitrogens with one attached hydrogen (secondary N) is 1. The lowest BCUT2D eigenvalue weighted by Gasteiger charge is -2.24. The molecule has 1 heterocycles. The number of esters is 1. The highest BCUT2D eigenvalue weighted by Gasteiger charge is 2.38. The Morgan fingerprint density at radius 3 is 2.24 bits per heavy atom. The van der Waals surface area contributed by atoms with Gasteiger partial charge in [-0.25, -0.2) is 4.79 Å². The predicted molar refractivity (Wildman–Crippen MR) is 187 cm³/mol. The topological polar surface area (TPSA) is 116 Å². The summed E-state index contributed by atoms with van der Waals surface area (Å²) in [7, 11) is 1.40. The van der Waals surface area contributed by atoms with E-state index in [0.29, 0.717) is 38.0 Å². The molecule has 1 saturated heterocycles. The summed E-state index contributed by atoms with van der Waals surface area (Å²) in [5.41, 5.74) is 4.57. The number of carbonyl (C=O) groups excluding carboxylic acids is 3. The fourth-order valence-corrected chi connectivity index (χ4v) is 5.83. The molecule has 3 aromatic rings. The Morgan fingerprint density at radius 2 is 1.58 bits per heavy atom. The van der Waals surface area contributed by atoms with Gasteiger partial charge < -0.3 is 25.0 Å². The van der Waals surface area contributed by atoms with Crippen LogP contribution < -0.4 is 5.32 Å². The number of likely N-dealkylation sites (tertiary alicyclic amines) is 1. The normalized spacial score (nSPS) is 12.8. The maximum atomic E-state index is 13.5. The lowest BCUT2D eigenvalue weighted by molar-refractivity contribution is -0.192. The smallest absolute Gasteiger partial charge is 0.475 e. The molecular formula is C37H43BrF3N3O6. The molecule has 4 rings (SSSR count).